The van der Waals surface area contributed by atoms with Crippen LogP contribution in [0.4, 0.5) is 0 Å². The van der Waals surface area contributed by atoms with Crippen LogP contribution in [0.5, 0.6) is 0 Å². The maximum absolute atomic E-state index is 11.8. The molecule has 0 rings (SSSR count). The minimum Gasteiger partial charge on any atom is -0.464 e. The number of nitrogens with two attached hydrogens (primary N) is 1. The molecule has 236 valence electrons. The van der Waals surface area contributed by atoms with Crippen LogP contribution in [0, 0.1) is 0 Å². The highest BCUT2D eigenvalue weighted by Crippen LogP contribution is 2.10. The van der Waals surface area contributed by atoms with Crippen molar-refractivity contribution in [3.63, 3.8) is 0 Å². The normalized spacial score (nSPS) is 11.2. The van der Waals surface area contributed by atoms with E-state index in [4.69, 9.17) is 19.9 Å². The van der Waals surface area contributed by atoms with E-state index >= 15 is 0 Å². The molecule has 0 bridgehead atoms. The number of carbonyl (C=O) groups is 3. The molecule has 0 heterocycles. The molecule has 7 heteroatoms. The predicted molar refractivity (Wildman–Crippen MR) is 167 cm³/mol. The molecular formula is C34H59NO6. The molecule has 0 aliphatic carbocycles. The Morgan fingerprint density at radius 2 is 0.854 bits per heavy atom. The van der Waals surface area contributed by atoms with Gasteiger partial charge in [-0.3, -0.25) is 14.4 Å². The topological polar surface area (TPSA) is 105 Å². The zero-order valence-corrected chi connectivity index (χ0v) is 25.8. The summed E-state index contributed by atoms with van der Waals surface area (Å²) in [5.41, 5.74) is 5.30. The van der Waals surface area contributed by atoms with Crippen LogP contribution >= 0.6 is 0 Å². The van der Waals surface area contributed by atoms with Gasteiger partial charge >= 0.3 is 17.9 Å². The molecule has 0 fully saturated rings. The Morgan fingerprint density at radius 1 is 0.488 bits per heavy atom. The number of esters is 3. The second kappa shape index (κ2) is 32.1. The van der Waals surface area contributed by atoms with Crippen molar-refractivity contribution >= 4 is 17.9 Å². The molecule has 0 spiro atoms. The monoisotopic (exact) mass is 577 g/mol. The van der Waals surface area contributed by atoms with Gasteiger partial charge in [0.05, 0.1) is 0 Å². The van der Waals surface area contributed by atoms with Crippen LogP contribution in [-0.4, -0.2) is 44.3 Å². The first kappa shape index (κ1) is 38.6. The van der Waals surface area contributed by atoms with Crippen LogP contribution < -0.4 is 5.73 Å². The maximum atomic E-state index is 11.8. The summed E-state index contributed by atoms with van der Waals surface area (Å²) in [6, 6.07) is 0. The van der Waals surface area contributed by atoms with Crippen molar-refractivity contribution in [3.8, 4) is 0 Å². The number of allylic oxidation sites excluding steroid dienone is 3. The van der Waals surface area contributed by atoms with E-state index in [1.807, 2.05) is 18.2 Å². The molecule has 0 amide bonds. The smallest absolute Gasteiger partial charge is 0.306 e. The first-order chi connectivity index (χ1) is 20.1. The number of hydrogen-bond acceptors (Lipinski definition) is 7. The second-order valence-corrected chi connectivity index (χ2v) is 10.5. The minimum absolute atomic E-state index is 0.102. The number of rotatable bonds is 30. The van der Waals surface area contributed by atoms with E-state index in [9.17, 15) is 14.4 Å². The molecule has 0 radical (unpaired) electrons. The first-order valence-electron chi connectivity index (χ1n) is 16.2. The molecule has 0 aliphatic heterocycles. The molecule has 2 N–H and O–H groups in total. The van der Waals surface area contributed by atoms with E-state index in [-0.39, 0.29) is 17.9 Å². The van der Waals surface area contributed by atoms with Gasteiger partial charge in [0.15, 0.2) is 0 Å². The lowest BCUT2D eigenvalue weighted by atomic mass is 10.1. The predicted octanol–water partition coefficient (Wildman–Crippen LogP) is 8.07. The molecule has 0 aromatic rings. The van der Waals surface area contributed by atoms with Crippen molar-refractivity contribution in [3.05, 3.63) is 37.0 Å². The van der Waals surface area contributed by atoms with Gasteiger partial charge in [-0.1, -0.05) is 88.2 Å². The van der Waals surface area contributed by atoms with Gasteiger partial charge < -0.3 is 19.9 Å². The van der Waals surface area contributed by atoms with Gasteiger partial charge in [0.25, 0.3) is 0 Å². The Kier molecular flexibility index (Phi) is 30.2. The van der Waals surface area contributed by atoms with E-state index in [0.717, 1.165) is 96.3 Å². The lowest BCUT2D eigenvalue weighted by Crippen LogP contribution is -2.13. The summed E-state index contributed by atoms with van der Waals surface area (Å²) in [6.45, 7) is 5.12. The van der Waals surface area contributed by atoms with Crippen molar-refractivity contribution in [1.29, 1.82) is 0 Å². The van der Waals surface area contributed by atoms with E-state index in [0.29, 0.717) is 45.6 Å². The summed E-state index contributed by atoms with van der Waals surface area (Å²) in [5, 5.41) is 0. The summed E-state index contributed by atoms with van der Waals surface area (Å²) in [4.78, 5) is 34.9. The van der Waals surface area contributed by atoms with E-state index in [2.05, 4.69) is 18.7 Å². The van der Waals surface area contributed by atoms with Crippen LogP contribution in [0.25, 0.3) is 0 Å². The Morgan fingerprint density at radius 3 is 1.27 bits per heavy atom. The van der Waals surface area contributed by atoms with Crippen molar-refractivity contribution in [1.82, 2.24) is 0 Å². The number of ether oxygens (including phenoxy) is 3. The molecule has 0 atom stereocenters. The van der Waals surface area contributed by atoms with Crippen molar-refractivity contribution < 1.29 is 28.6 Å². The third-order valence-electron chi connectivity index (χ3n) is 6.69. The molecule has 0 aromatic carbocycles. The third-order valence-corrected chi connectivity index (χ3v) is 6.69. The highest BCUT2D eigenvalue weighted by molar-refractivity contribution is 5.70. The van der Waals surface area contributed by atoms with Gasteiger partial charge in [-0.2, -0.15) is 0 Å². The average Bonchev–Trinajstić information content (AvgIpc) is 2.97. The summed E-state index contributed by atoms with van der Waals surface area (Å²) in [7, 11) is 0. The summed E-state index contributed by atoms with van der Waals surface area (Å²) in [6.07, 6.45) is 30.6. The fourth-order valence-corrected chi connectivity index (χ4v) is 4.26. The van der Waals surface area contributed by atoms with E-state index < -0.39 is 0 Å². The highest BCUT2D eigenvalue weighted by Gasteiger charge is 2.03. The second-order valence-electron chi connectivity index (χ2n) is 10.5. The van der Waals surface area contributed by atoms with Crippen molar-refractivity contribution in [2.45, 2.75) is 135 Å². The van der Waals surface area contributed by atoms with Gasteiger partial charge in [-0.15, -0.1) is 6.58 Å². The van der Waals surface area contributed by atoms with Crippen LogP contribution in [-0.2, 0) is 28.6 Å². The zero-order chi connectivity index (χ0) is 30.1. The van der Waals surface area contributed by atoms with E-state index in [1.165, 1.54) is 19.3 Å². The molecular weight excluding hydrogens is 518 g/mol. The van der Waals surface area contributed by atoms with Gasteiger partial charge in [0, 0.05) is 25.8 Å². The number of unbranched alkanes of at least 4 members (excludes halogenated alkanes) is 15. The Balaban J connectivity index is 3.39. The lowest BCUT2D eigenvalue weighted by Gasteiger charge is -2.03. The van der Waals surface area contributed by atoms with Crippen LogP contribution in [0.3, 0.4) is 0 Å². The number of carbonyl (C=O) groups excluding carboxylic acids is 3. The SMILES string of the molecule is C=CCCCCCCCC(=O)OC/C=C/CCCCCCCC(=O)OC/C=C/CCCCCCCC(=O)OCCN. The summed E-state index contributed by atoms with van der Waals surface area (Å²) in [5.74, 6) is -0.382. The quantitative estimate of drug-likeness (QED) is 0.0398. The molecule has 0 unspecified atom stereocenters. The van der Waals surface area contributed by atoms with Gasteiger partial charge in [0.2, 0.25) is 0 Å². The zero-order valence-electron chi connectivity index (χ0n) is 25.8. The molecule has 0 saturated carbocycles. The van der Waals surface area contributed by atoms with Gasteiger partial charge in [-0.05, 0) is 57.8 Å². The Bertz CT molecular complexity index is 703. The minimum atomic E-state index is -0.156. The Labute approximate surface area is 250 Å². The fourth-order valence-electron chi connectivity index (χ4n) is 4.26. The van der Waals surface area contributed by atoms with Crippen molar-refractivity contribution in [2.75, 3.05) is 26.4 Å². The molecule has 7 nitrogen and oxygen atoms in total. The first-order valence-corrected chi connectivity index (χ1v) is 16.2. The van der Waals surface area contributed by atoms with Crippen LogP contribution in [0.2, 0.25) is 0 Å². The summed E-state index contributed by atoms with van der Waals surface area (Å²) >= 11 is 0. The van der Waals surface area contributed by atoms with Gasteiger partial charge in [0.1, 0.15) is 19.8 Å². The Hall–Kier alpha value is -2.41. The lowest BCUT2D eigenvalue weighted by molar-refractivity contribution is -0.144. The molecule has 0 aliphatic rings. The molecule has 41 heavy (non-hydrogen) atoms. The molecule has 0 saturated heterocycles. The summed E-state index contributed by atoms with van der Waals surface area (Å²) < 4.78 is 15.5. The standard InChI is InChI=1S/C34H59NO6/c1-2-3-4-5-10-15-20-25-32(36)39-29-23-18-13-8-6-11-16-21-26-33(37)40-30-24-19-14-9-7-12-17-22-27-34(38)41-31-28-35/h2,18-19,23-24H,1,3-17,20-22,25-31,35H2/b23-18+,24-19+. The molecule has 0 aromatic heterocycles. The van der Waals surface area contributed by atoms with Crippen LogP contribution in [0.1, 0.15) is 135 Å². The van der Waals surface area contributed by atoms with Gasteiger partial charge in [-0.25, -0.2) is 0 Å². The van der Waals surface area contributed by atoms with Crippen LogP contribution in [0.15, 0.2) is 37.0 Å². The third kappa shape index (κ3) is 32.0. The highest BCUT2D eigenvalue weighted by atomic mass is 16.5. The number of hydrogen-bond donors (Lipinski definition) is 1. The average molecular weight is 578 g/mol. The fraction of sp³-hybridized carbons (Fsp3) is 0.735. The maximum Gasteiger partial charge on any atom is 0.306 e. The largest absolute Gasteiger partial charge is 0.464 e. The van der Waals surface area contributed by atoms with E-state index in [1.54, 1.807) is 0 Å². The van der Waals surface area contributed by atoms with Crippen molar-refractivity contribution in [2.24, 2.45) is 5.73 Å².